The second-order valence-corrected chi connectivity index (χ2v) is 8.65. The SMILES string of the molecule is c1ccc2cc(-c3ccc4ccccc4c3[C@@H]3CCOCCOCCCOCCO3)ccc2c1. The summed E-state index contributed by atoms with van der Waals surface area (Å²) >= 11 is 0. The van der Waals surface area contributed by atoms with E-state index in [1.165, 1.54) is 38.2 Å². The Kier molecular flexibility index (Phi) is 7.84. The topological polar surface area (TPSA) is 36.9 Å². The average Bonchev–Trinajstić information content (AvgIpc) is 2.89. The van der Waals surface area contributed by atoms with E-state index in [0.717, 1.165) is 12.8 Å². The second-order valence-electron chi connectivity index (χ2n) is 8.65. The standard InChI is InChI=1S/C30H32O4/c1-2-8-25-22-26(11-10-23(25)6-1)28-13-12-24-7-3-4-9-27(24)30(28)29-14-17-33-19-18-31-15-5-16-32-20-21-34-29/h1-4,6-13,22,29H,5,14-21H2/t29-/m0/s1. The van der Waals surface area contributed by atoms with Gasteiger partial charge in [-0.1, -0.05) is 72.8 Å². The molecule has 4 aromatic rings. The van der Waals surface area contributed by atoms with E-state index in [1.807, 2.05) is 0 Å². The molecule has 0 unspecified atom stereocenters. The van der Waals surface area contributed by atoms with Gasteiger partial charge in [0.15, 0.2) is 0 Å². The highest BCUT2D eigenvalue weighted by Crippen LogP contribution is 2.38. The van der Waals surface area contributed by atoms with Gasteiger partial charge in [0.05, 0.1) is 32.5 Å². The summed E-state index contributed by atoms with van der Waals surface area (Å²) in [6.45, 7) is 4.35. The van der Waals surface area contributed by atoms with Crippen molar-refractivity contribution in [3.63, 3.8) is 0 Å². The number of benzene rings is 4. The Morgan fingerprint density at radius 1 is 0.559 bits per heavy atom. The van der Waals surface area contributed by atoms with Gasteiger partial charge < -0.3 is 18.9 Å². The molecule has 0 amide bonds. The number of rotatable bonds is 2. The molecule has 34 heavy (non-hydrogen) atoms. The molecule has 176 valence electrons. The third-order valence-electron chi connectivity index (χ3n) is 6.37. The molecule has 0 aromatic heterocycles. The zero-order chi connectivity index (χ0) is 23.0. The predicted octanol–water partition coefficient (Wildman–Crippen LogP) is 6.56. The van der Waals surface area contributed by atoms with E-state index in [2.05, 4.69) is 78.9 Å². The molecule has 0 spiro atoms. The maximum Gasteiger partial charge on any atom is 0.0860 e. The van der Waals surface area contributed by atoms with Crippen LogP contribution in [0, 0.1) is 0 Å². The van der Waals surface area contributed by atoms with Crippen molar-refractivity contribution in [2.45, 2.75) is 18.9 Å². The number of ether oxygens (including phenoxy) is 4. The minimum Gasteiger partial charge on any atom is -0.379 e. The first kappa shape index (κ1) is 23.0. The molecule has 5 rings (SSSR count). The van der Waals surface area contributed by atoms with Gasteiger partial charge in [-0.05, 0) is 50.7 Å². The Hall–Kier alpha value is -2.76. The van der Waals surface area contributed by atoms with Crippen LogP contribution in [0.2, 0.25) is 0 Å². The molecule has 1 heterocycles. The normalized spacial score (nSPS) is 19.1. The van der Waals surface area contributed by atoms with Crippen LogP contribution < -0.4 is 0 Å². The lowest BCUT2D eigenvalue weighted by atomic mass is 9.89. The van der Waals surface area contributed by atoms with Gasteiger partial charge in [0.25, 0.3) is 0 Å². The maximum absolute atomic E-state index is 6.49. The number of fused-ring (bicyclic) bond motifs is 2. The second kappa shape index (κ2) is 11.6. The first-order valence-corrected chi connectivity index (χ1v) is 12.3. The molecule has 1 atom stereocenters. The minimum atomic E-state index is -0.0972. The van der Waals surface area contributed by atoms with E-state index < -0.39 is 0 Å². The molecule has 0 aliphatic carbocycles. The summed E-state index contributed by atoms with van der Waals surface area (Å²) in [6, 6.07) is 28.2. The van der Waals surface area contributed by atoms with Crippen LogP contribution in [0.15, 0.2) is 78.9 Å². The van der Waals surface area contributed by atoms with Crippen molar-refractivity contribution in [3.05, 3.63) is 84.4 Å². The monoisotopic (exact) mass is 456 g/mol. The largest absolute Gasteiger partial charge is 0.379 e. The van der Waals surface area contributed by atoms with E-state index in [9.17, 15) is 0 Å². The van der Waals surface area contributed by atoms with Gasteiger partial charge >= 0.3 is 0 Å². The molecular formula is C30H32O4. The summed E-state index contributed by atoms with van der Waals surface area (Å²) in [7, 11) is 0. The highest BCUT2D eigenvalue weighted by atomic mass is 16.5. The van der Waals surface area contributed by atoms with Crippen LogP contribution in [0.3, 0.4) is 0 Å². The smallest absolute Gasteiger partial charge is 0.0860 e. The Morgan fingerprint density at radius 2 is 1.24 bits per heavy atom. The summed E-state index contributed by atoms with van der Waals surface area (Å²) < 4.78 is 23.8. The van der Waals surface area contributed by atoms with Crippen LogP contribution >= 0.6 is 0 Å². The Bertz CT molecular complexity index is 1200. The minimum absolute atomic E-state index is 0.0972. The molecule has 4 nitrogen and oxygen atoms in total. The fourth-order valence-electron chi connectivity index (χ4n) is 4.69. The number of hydrogen-bond donors (Lipinski definition) is 0. The zero-order valence-corrected chi connectivity index (χ0v) is 19.6. The van der Waals surface area contributed by atoms with Crippen molar-refractivity contribution < 1.29 is 18.9 Å². The van der Waals surface area contributed by atoms with Crippen molar-refractivity contribution in [3.8, 4) is 11.1 Å². The van der Waals surface area contributed by atoms with E-state index in [4.69, 9.17) is 18.9 Å². The van der Waals surface area contributed by atoms with Crippen molar-refractivity contribution in [1.82, 2.24) is 0 Å². The molecule has 1 aliphatic rings. The highest BCUT2D eigenvalue weighted by molar-refractivity contribution is 5.94. The molecule has 4 heteroatoms. The van der Waals surface area contributed by atoms with Gasteiger partial charge in [0.2, 0.25) is 0 Å². The fourth-order valence-corrected chi connectivity index (χ4v) is 4.69. The zero-order valence-electron chi connectivity index (χ0n) is 19.6. The maximum atomic E-state index is 6.49. The highest BCUT2D eigenvalue weighted by Gasteiger charge is 2.21. The molecule has 0 saturated carbocycles. The molecule has 0 bridgehead atoms. The summed E-state index contributed by atoms with van der Waals surface area (Å²) in [4.78, 5) is 0. The molecule has 0 N–H and O–H groups in total. The predicted molar refractivity (Wildman–Crippen MR) is 137 cm³/mol. The van der Waals surface area contributed by atoms with Crippen molar-refractivity contribution >= 4 is 21.5 Å². The molecule has 1 fully saturated rings. The van der Waals surface area contributed by atoms with Crippen LogP contribution in [0.5, 0.6) is 0 Å². The van der Waals surface area contributed by atoms with Crippen LogP contribution in [0.4, 0.5) is 0 Å². The van der Waals surface area contributed by atoms with Crippen molar-refractivity contribution in [2.75, 3.05) is 46.2 Å². The quantitative estimate of drug-likeness (QED) is 0.342. The van der Waals surface area contributed by atoms with Gasteiger partial charge in [0.1, 0.15) is 0 Å². The summed E-state index contributed by atoms with van der Waals surface area (Å²) in [5.41, 5.74) is 3.63. The molecule has 0 radical (unpaired) electrons. The van der Waals surface area contributed by atoms with Gasteiger partial charge in [-0.25, -0.2) is 0 Å². The van der Waals surface area contributed by atoms with Gasteiger partial charge in [0, 0.05) is 26.2 Å². The summed E-state index contributed by atoms with van der Waals surface area (Å²) in [5.74, 6) is 0. The molecular weight excluding hydrogens is 424 g/mol. The van der Waals surface area contributed by atoms with Gasteiger partial charge in [-0.2, -0.15) is 0 Å². The van der Waals surface area contributed by atoms with E-state index in [1.54, 1.807) is 0 Å². The lowest BCUT2D eigenvalue weighted by molar-refractivity contribution is -0.0288. The van der Waals surface area contributed by atoms with E-state index in [0.29, 0.717) is 46.2 Å². The van der Waals surface area contributed by atoms with E-state index in [-0.39, 0.29) is 6.10 Å². The lowest BCUT2D eigenvalue weighted by Gasteiger charge is -2.24. The molecule has 4 aromatic carbocycles. The molecule has 1 saturated heterocycles. The average molecular weight is 457 g/mol. The first-order chi connectivity index (χ1) is 16.9. The van der Waals surface area contributed by atoms with Crippen molar-refractivity contribution in [2.24, 2.45) is 0 Å². The van der Waals surface area contributed by atoms with Crippen LogP contribution in [0.25, 0.3) is 32.7 Å². The van der Waals surface area contributed by atoms with Gasteiger partial charge in [-0.3, -0.25) is 0 Å². The summed E-state index contributed by atoms with van der Waals surface area (Å²) in [6.07, 6.45) is 1.56. The Morgan fingerprint density at radius 3 is 2.09 bits per heavy atom. The Labute approximate surface area is 201 Å². The third kappa shape index (κ3) is 5.48. The van der Waals surface area contributed by atoms with Gasteiger partial charge in [-0.15, -0.1) is 0 Å². The third-order valence-corrected chi connectivity index (χ3v) is 6.37. The number of hydrogen-bond acceptors (Lipinski definition) is 4. The van der Waals surface area contributed by atoms with Crippen LogP contribution in [0.1, 0.15) is 24.5 Å². The lowest BCUT2D eigenvalue weighted by Crippen LogP contribution is -2.16. The van der Waals surface area contributed by atoms with Crippen molar-refractivity contribution in [1.29, 1.82) is 0 Å². The fraction of sp³-hybridized carbons (Fsp3) is 0.333. The Balaban J connectivity index is 1.54. The first-order valence-electron chi connectivity index (χ1n) is 12.3. The van der Waals surface area contributed by atoms with E-state index >= 15 is 0 Å². The summed E-state index contributed by atoms with van der Waals surface area (Å²) in [5, 5.41) is 4.93. The molecule has 1 aliphatic heterocycles. The van der Waals surface area contributed by atoms with Crippen LogP contribution in [-0.2, 0) is 18.9 Å². The van der Waals surface area contributed by atoms with Crippen LogP contribution in [-0.4, -0.2) is 46.2 Å².